The van der Waals surface area contributed by atoms with Gasteiger partial charge in [0.2, 0.25) is 0 Å². The van der Waals surface area contributed by atoms with Crippen LogP contribution in [0.1, 0.15) is 42.5 Å². The third-order valence-corrected chi connectivity index (χ3v) is 4.95. The van der Waals surface area contributed by atoms with Gasteiger partial charge in [-0.1, -0.05) is 0 Å². The first-order valence-corrected chi connectivity index (χ1v) is 9.07. The van der Waals surface area contributed by atoms with Gasteiger partial charge in [-0.15, -0.1) is 0 Å². The highest BCUT2D eigenvalue weighted by atomic mass is 16.5. The van der Waals surface area contributed by atoms with Crippen molar-refractivity contribution in [3.05, 3.63) is 47.5 Å². The second kappa shape index (κ2) is 7.03. The van der Waals surface area contributed by atoms with Crippen LogP contribution in [0.5, 0.6) is 0 Å². The molecule has 4 rings (SSSR count). The lowest BCUT2D eigenvalue weighted by molar-refractivity contribution is 0.104. The number of fused-ring (bicyclic) bond motifs is 1. The third kappa shape index (κ3) is 3.68. The lowest BCUT2D eigenvalue weighted by atomic mass is 9.97. The summed E-state index contributed by atoms with van der Waals surface area (Å²) in [5.41, 5.74) is 3.95. The van der Waals surface area contributed by atoms with Crippen LogP contribution in [0.4, 0.5) is 0 Å². The van der Waals surface area contributed by atoms with Crippen LogP contribution in [-0.2, 0) is 24.4 Å². The highest BCUT2D eigenvalue weighted by Gasteiger charge is 2.30. The van der Waals surface area contributed by atoms with Gasteiger partial charge in [0.1, 0.15) is 0 Å². The first-order chi connectivity index (χ1) is 11.8. The van der Waals surface area contributed by atoms with Crippen LogP contribution >= 0.6 is 0 Å². The highest BCUT2D eigenvalue weighted by Crippen LogP contribution is 2.33. The van der Waals surface area contributed by atoms with Gasteiger partial charge >= 0.3 is 0 Å². The zero-order chi connectivity index (χ0) is 16.4. The summed E-state index contributed by atoms with van der Waals surface area (Å²) in [5.74, 6) is 1.22. The summed E-state index contributed by atoms with van der Waals surface area (Å²) < 4.78 is 7.92. The predicted octanol–water partition coefficient (Wildman–Crippen LogP) is 2.82. The number of ether oxygens (including phenoxy) is 1. The zero-order valence-corrected chi connectivity index (χ0v) is 14.4. The minimum Gasteiger partial charge on any atom is -0.381 e. The maximum Gasteiger partial charge on any atom is 0.0736 e. The molecule has 0 radical (unpaired) electrons. The topological polar surface area (TPSA) is 43.2 Å². The number of nitrogens with zero attached hydrogens (tertiary/aromatic N) is 4. The molecule has 1 atom stereocenters. The zero-order valence-electron chi connectivity index (χ0n) is 14.4. The lowest BCUT2D eigenvalue weighted by Gasteiger charge is -2.31. The molecule has 2 aromatic rings. The Bertz CT molecular complexity index is 665. The van der Waals surface area contributed by atoms with Gasteiger partial charge < -0.3 is 4.74 Å². The molecular weight excluding hydrogens is 300 g/mol. The number of hydrogen-bond donors (Lipinski definition) is 0. The largest absolute Gasteiger partial charge is 0.381 e. The number of rotatable bonds is 7. The van der Waals surface area contributed by atoms with Crippen LogP contribution in [0, 0.1) is 5.92 Å². The van der Waals surface area contributed by atoms with E-state index < -0.39 is 0 Å². The van der Waals surface area contributed by atoms with Crippen LogP contribution in [0.3, 0.4) is 0 Å². The van der Waals surface area contributed by atoms with Gasteiger partial charge in [-0.3, -0.25) is 14.6 Å². The fraction of sp³-hybridized carbons (Fsp3) is 0.579. The lowest BCUT2D eigenvalue weighted by Crippen LogP contribution is -2.34. The van der Waals surface area contributed by atoms with Crippen molar-refractivity contribution in [3.63, 3.8) is 0 Å². The van der Waals surface area contributed by atoms with E-state index in [0.717, 1.165) is 45.3 Å². The smallest absolute Gasteiger partial charge is 0.0736 e. The maximum atomic E-state index is 5.75. The Morgan fingerprint density at radius 1 is 1.25 bits per heavy atom. The van der Waals surface area contributed by atoms with Crippen LogP contribution in [0.15, 0.2) is 30.7 Å². The molecule has 0 N–H and O–H groups in total. The Labute approximate surface area is 143 Å². The van der Waals surface area contributed by atoms with Crippen molar-refractivity contribution in [1.29, 1.82) is 0 Å². The second-order valence-electron chi connectivity index (χ2n) is 7.09. The van der Waals surface area contributed by atoms with Crippen molar-refractivity contribution in [2.45, 2.75) is 45.3 Å². The van der Waals surface area contributed by atoms with E-state index in [0.29, 0.717) is 5.92 Å². The summed E-state index contributed by atoms with van der Waals surface area (Å²) in [5, 5.41) is 4.91. The summed E-state index contributed by atoms with van der Waals surface area (Å²) in [6.45, 7) is 7.61. The van der Waals surface area contributed by atoms with E-state index in [1.54, 1.807) is 0 Å². The van der Waals surface area contributed by atoms with Crippen molar-refractivity contribution >= 4 is 0 Å². The van der Waals surface area contributed by atoms with Crippen LogP contribution in [0.25, 0.3) is 0 Å². The van der Waals surface area contributed by atoms with E-state index >= 15 is 0 Å². The minimum atomic E-state index is 0.371. The molecule has 1 fully saturated rings. The molecule has 1 aliphatic carbocycles. The Kier molecular flexibility index (Phi) is 4.63. The summed E-state index contributed by atoms with van der Waals surface area (Å²) in [4.78, 5) is 6.62. The van der Waals surface area contributed by atoms with Gasteiger partial charge in [-0.25, -0.2) is 0 Å². The summed E-state index contributed by atoms with van der Waals surface area (Å²) in [7, 11) is 0. The molecule has 0 aromatic carbocycles. The van der Waals surface area contributed by atoms with Gasteiger partial charge in [-0.05, 0) is 43.4 Å². The predicted molar refractivity (Wildman–Crippen MR) is 92.5 cm³/mol. The molecule has 5 heteroatoms. The molecule has 2 aromatic heterocycles. The monoisotopic (exact) mass is 326 g/mol. The summed E-state index contributed by atoms with van der Waals surface area (Å²) in [6.07, 6.45) is 8.74. The molecule has 3 heterocycles. The number of hydrogen-bond acceptors (Lipinski definition) is 4. The van der Waals surface area contributed by atoms with Crippen molar-refractivity contribution in [2.75, 3.05) is 19.8 Å². The van der Waals surface area contributed by atoms with Gasteiger partial charge in [0, 0.05) is 62.9 Å². The molecule has 0 spiro atoms. The van der Waals surface area contributed by atoms with Crippen molar-refractivity contribution in [3.8, 4) is 0 Å². The second-order valence-corrected chi connectivity index (χ2v) is 7.09. The Morgan fingerprint density at radius 3 is 2.83 bits per heavy atom. The van der Waals surface area contributed by atoms with Crippen molar-refractivity contribution in [2.24, 2.45) is 5.92 Å². The van der Waals surface area contributed by atoms with E-state index in [4.69, 9.17) is 9.84 Å². The summed E-state index contributed by atoms with van der Waals surface area (Å²) in [6, 6.07) is 4.20. The Hall–Kier alpha value is -1.72. The normalized spacial score (nSPS) is 21.0. The summed E-state index contributed by atoms with van der Waals surface area (Å²) >= 11 is 0. The molecule has 0 bridgehead atoms. The molecule has 0 unspecified atom stereocenters. The number of pyridine rings is 1. The highest BCUT2D eigenvalue weighted by molar-refractivity contribution is 5.25. The van der Waals surface area contributed by atoms with Crippen LogP contribution in [0.2, 0.25) is 0 Å². The van der Waals surface area contributed by atoms with Gasteiger partial charge in [0.25, 0.3) is 0 Å². The van der Waals surface area contributed by atoms with Crippen LogP contribution < -0.4 is 0 Å². The first kappa shape index (κ1) is 15.8. The molecule has 5 nitrogen and oxygen atoms in total. The fourth-order valence-corrected chi connectivity index (χ4v) is 3.56. The van der Waals surface area contributed by atoms with Crippen molar-refractivity contribution in [1.82, 2.24) is 19.7 Å². The van der Waals surface area contributed by atoms with Crippen molar-refractivity contribution < 1.29 is 4.74 Å². The fourth-order valence-electron chi connectivity index (χ4n) is 3.56. The minimum absolute atomic E-state index is 0.371. The third-order valence-electron chi connectivity index (χ3n) is 4.95. The number of aromatic nitrogens is 3. The molecular formula is C19H26N4O. The van der Waals surface area contributed by atoms with Gasteiger partial charge in [-0.2, -0.15) is 5.10 Å². The SMILES string of the molecule is CCOC[C@@H]1CN(Cc2ccncc2)Cc2cn(CC3CC3)nc21. The average molecular weight is 326 g/mol. The van der Waals surface area contributed by atoms with E-state index in [1.165, 1.54) is 29.7 Å². The molecule has 0 amide bonds. The van der Waals surface area contributed by atoms with Gasteiger partial charge in [0.15, 0.2) is 0 Å². The van der Waals surface area contributed by atoms with E-state index in [9.17, 15) is 0 Å². The van der Waals surface area contributed by atoms with Gasteiger partial charge in [0.05, 0.1) is 12.3 Å². The maximum absolute atomic E-state index is 5.75. The van der Waals surface area contributed by atoms with E-state index in [1.807, 2.05) is 12.4 Å². The van der Waals surface area contributed by atoms with E-state index in [-0.39, 0.29) is 0 Å². The average Bonchev–Trinajstić information content (AvgIpc) is 3.31. The molecule has 1 aliphatic heterocycles. The van der Waals surface area contributed by atoms with Crippen LogP contribution in [-0.4, -0.2) is 39.4 Å². The molecule has 0 saturated heterocycles. The van der Waals surface area contributed by atoms with E-state index in [2.05, 4.69) is 39.8 Å². The molecule has 1 saturated carbocycles. The molecule has 2 aliphatic rings. The quantitative estimate of drug-likeness (QED) is 0.785. The standard InChI is InChI=1S/C19H26N4O/c1-2-24-14-18-12-22(9-16-5-7-20-8-6-16)11-17-13-23(21-19(17)18)10-15-3-4-15/h5-8,13,15,18H,2-4,9-12,14H2,1H3/t18-/m0/s1. The Balaban J connectivity index is 1.51. The molecule has 24 heavy (non-hydrogen) atoms. The Morgan fingerprint density at radius 2 is 2.08 bits per heavy atom. The molecule has 128 valence electrons. The first-order valence-electron chi connectivity index (χ1n) is 9.07.